The van der Waals surface area contributed by atoms with Gasteiger partial charge in [0.2, 0.25) is 5.91 Å². The summed E-state index contributed by atoms with van der Waals surface area (Å²) in [4.78, 5) is 25.4. The van der Waals surface area contributed by atoms with E-state index >= 15 is 0 Å². The van der Waals surface area contributed by atoms with Gasteiger partial charge in [0.05, 0.1) is 0 Å². The number of hydrogen-bond donors (Lipinski definition) is 2. The molecule has 2 fully saturated rings. The van der Waals surface area contributed by atoms with E-state index in [0.717, 1.165) is 6.42 Å². The lowest BCUT2D eigenvalue weighted by Crippen LogP contribution is -2.51. The molecule has 0 aromatic carbocycles. The van der Waals surface area contributed by atoms with E-state index in [1.165, 1.54) is 0 Å². The third kappa shape index (κ3) is 3.06. The summed E-state index contributed by atoms with van der Waals surface area (Å²) in [5, 5.41) is 12.3. The molecule has 0 aliphatic carbocycles. The number of ether oxygens (including phenoxy) is 1. The first-order valence-electron chi connectivity index (χ1n) is 7.11. The van der Waals surface area contributed by atoms with Crippen molar-refractivity contribution in [3.8, 4) is 0 Å². The van der Waals surface area contributed by atoms with Gasteiger partial charge in [-0.05, 0) is 27.2 Å². The maximum absolute atomic E-state index is 12.1. The lowest BCUT2D eigenvalue weighted by Gasteiger charge is -2.40. The quantitative estimate of drug-likeness (QED) is 0.744. The second kappa shape index (κ2) is 5.24. The molecule has 114 valence electrons. The molecule has 2 amide bonds. The lowest BCUT2D eigenvalue weighted by molar-refractivity contribution is -0.128. The van der Waals surface area contributed by atoms with Crippen molar-refractivity contribution in [2.24, 2.45) is 11.3 Å². The summed E-state index contributed by atoms with van der Waals surface area (Å²) in [6.07, 6.45) is 0.777. The molecule has 0 saturated carbocycles. The molecule has 2 N–H and O–H groups in total. The molecule has 0 bridgehead atoms. The van der Waals surface area contributed by atoms with Crippen LogP contribution in [0.3, 0.4) is 0 Å². The number of nitrogens with one attached hydrogen (secondary N) is 1. The predicted molar refractivity (Wildman–Crippen MR) is 73.1 cm³/mol. The lowest BCUT2D eigenvalue weighted by atomic mass is 9.70. The van der Waals surface area contributed by atoms with E-state index in [2.05, 4.69) is 5.32 Å². The summed E-state index contributed by atoms with van der Waals surface area (Å²) < 4.78 is 5.38. The van der Waals surface area contributed by atoms with Crippen LogP contribution < -0.4 is 5.32 Å². The van der Waals surface area contributed by atoms with Crippen LogP contribution in [0.25, 0.3) is 0 Å². The van der Waals surface area contributed by atoms with Gasteiger partial charge in [0, 0.05) is 44.0 Å². The van der Waals surface area contributed by atoms with Crippen molar-refractivity contribution in [1.29, 1.82) is 0 Å². The van der Waals surface area contributed by atoms with Crippen LogP contribution in [0.15, 0.2) is 0 Å². The average Bonchev–Trinajstić information content (AvgIpc) is 2.72. The highest BCUT2D eigenvalue weighted by Gasteiger charge is 2.49. The van der Waals surface area contributed by atoms with Gasteiger partial charge < -0.3 is 20.1 Å². The number of carbonyl (C=O) groups is 2. The fourth-order valence-electron chi connectivity index (χ4n) is 3.09. The Morgan fingerprint density at radius 1 is 1.55 bits per heavy atom. The maximum Gasteiger partial charge on any atom is 0.410 e. The fraction of sp³-hybridized carbons (Fsp3) is 0.857. The van der Waals surface area contributed by atoms with Crippen molar-refractivity contribution >= 4 is 12.0 Å². The minimum atomic E-state index is -0.521. The Kier molecular flexibility index (Phi) is 3.95. The number of aliphatic hydroxyl groups excluding tert-OH is 1. The molecule has 2 saturated heterocycles. The van der Waals surface area contributed by atoms with E-state index in [0.29, 0.717) is 26.1 Å². The maximum atomic E-state index is 12.1. The van der Waals surface area contributed by atoms with E-state index < -0.39 is 5.60 Å². The number of nitrogens with zero attached hydrogens (tertiary/aromatic N) is 1. The Balaban J connectivity index is 2.06. The van der Waals surface area contributed by atoms with Crippen LogP contribution in [0, 0.1) is 11.3 Å². The number of hydrogen-bond acceptors (Lipinski definition) is 4. The summed E-state index contributed by atoms with van der Waals surface area (Å²) in [6, 6.07) is 0. The Morgan fingerprint density at radius 2 is 2.25 bits per heavy atom. The normalized spacial score (nSPS) is 30.5. The first kappa shape index (κ1) is 15.1. The van der Waals surface area contributed by atoms with Gasteiger partial charge in [-0.25, -0.2) is 4.79 Å². The van der Waals surface area contributed by atoms with Crippen molar-refractivity contribution in [1.82, 2.24) is 10.2 Å². The first-order chi connectivity index (χ1) is 9.26. The van der Waals surface area contributed by atoms with Crippen LogP contribution in [-0.2, 0) is 9.53 Å². The van der Waals surface area contributed by atoms with E-state index in [1.807, 2.05) is 20.8 Å². The molecule has 2 atom stereocenters. The highest BCUT2D eigenvalue weighted by atomic mass is 16.6. The van der Waals surface area contributed by atoms with Gasteiger partial charge >= 0.3 is 6.09 Å². The molecule has 2 rings (SSSR count). The number of amides is 2. The third-order valence-electron chi connectivity index (χ3n) is 4.18. The summed E-state index contributed by atoms with van der Waals surface area (Å²) in [6.45, 7) is 7.09. The van der Waals surface area contributed by atoms with Crippen LogP contribution >= 0.6 is 0 Å². The largest absolute Gasteiger partial charge is 0.444 e. The zero-order valence-electron chi connectivity index (χ0n) is 12.4. The molecule has 6 heteroatoms. The van der Waals surface area contributed by atoms with Gasteiger partial charge in [0.15, 0.2) is 0 Å². The van der Waals surface area contributed by atoms with Gasteiger partial charge in [-0.2, -0.15) is 0 Å². The molecule has 1 spiro atoms. The Morgan fingerprint density at radius 3 is 2.85 bits per heavy atom. The molecule has 2 aliphatic rings. The van der Waals surface area contributed by atoms with Crippen LogP contribution in [0.1, 0.15) is 33.6 Å². The van der Waals surface area contributed by atoms with Gasteiger partial charge in [-0.1, -0.05) is 0 Å². The summed E-state index contributed by atoms with van der Waals surface area (Å²) in [5.41, 5.74) is -0.818. The Bertz CT molecular complexity index is 404. The second-order valence-corrected chi connectivity index (χ2v) is 6.87. The Labute approximate surface area is 119 Å². The molecular weight excluding hydrogens is 260 g/mol. The summed E-state index contributed by atoms with van der Waals surface area (Å²) in [7, 11) is 0. The van der Waals surface area contributed by atoms with Crippen molar-refractivity contribution in [2.45, 2.75) is 39.2 Å². The monoisotopic (exact) mass is 284 g/mol. The van der Waals surface area contributed by atoms with Gasteiger partial charge in [0.25, 0.3) is 0 Å². The molecule has 0 aromatic heterocycles. The zero-order chi connectivity index (χ0) is 15.0. The minimum Gasteiger partial charge on any atom is -0.444 e. The molecule has 0 radical (unpaired) electrons. The topological polar surface area (TPSA) is 78.9 Å². The highest BCUT2D eigenvalue weighted by molar-refractivity contribution is 5.78. The fourth-order valence-corrected chi connectivity index (χ4v) is 3.09. The van der Waals surface area contributed by atoms with Crippen molar-refractivity contribution in [3.05, 3.63) is 0 Å². The summed E-state index contributed by atoms with van der Waals surface area (Å²) >= 11 is 0. The molecule has 2 heterocycles. The van der Waals surface area contributed by atoms with E-state index in [1.54, 1.807) is 4.90 Å². The molecule has 20 heavy (non-hydrogen) atoms. The van der Waals surface area contributed by atoms with Gasteiger partial charge in [-0.3, -0.25) is 4.79 Å². The van der Waals surface area contributed by atoms with Gasteiger partial charge in [-0.15, -0.1) is 0 Å². The molecule has 2 aliphatic heterocycles. The minimum absolute atomic E-state index is 0.000684. The number of rotatable bonds is 1. The number of likely N-dealkylation sites (tertiary alicyclic amines) is 1. The third-order valence-corrected chi connectivity index (χ3v) is 4.18. The Hall–Kier alpha value is -1.30. The number of carbonyl (C=O) groups excluding carboxylic acids is 2. The number of aliphatic hydroxyl groups is 1. The molecular formula is C14H24N2O4. The number of piperidine rings is 1. The smallest absolute Gasteiger partial charge is 0.410 e. The van der Waals surface area contributed by atoms with Crippen molar-refractivity contribution in [2.75, 3.05) is 26.2 Å². The second-order valence-electron chi connectivity index (χ2n) is 6.87. The first-order valence-corrected chi connectivity index (χ1v) is 7.11. The van der Waals surface area contributed by atoms with Crippen LogP contribution in [0.5, 0.6) is 0 Å². The van der Waals surface area contributed by atoms with E-state index in [4.69, 9.17) is 4.74 Å². The van der Waals surface area contributed by atoms with Crippen LogP contribution in [-0.4, -0.2) is 53.8 Å². The van der Waals surface area contributed by atoms with Crippen LogP contribution in [0.4, 0.5) is 4.79 Å². The predicted octanol–water partition coefficient (Wildman–Crippen LogP) is 0.742. The highest BCUT2D eigenvalue weighted by Crippen LogP contribution is 2.43. The van der Waals surface area contributed by atoms with Crippen LogP contribution in [0.2, 0.25) is 0 Å². The molecule has 2 unspecified atom stereocenters. The van der Waals surface area contributed by atoms with E-state index in [-0.39, 0.29) is 29.9 Å². The summed E-state index contributed by atoms with van der Waals surface area (Å²) in [5.74, 6) is 0.00776. The zero-order valence-corrected chi connectivity index (χ0v) is 12.4. The van der Waals surface area contributed by atoms with E-state index in [9.17, 15) is 14.7 Å². The molecule has 0 aromatic rings. The van der Waals surface area contributed by atoms with Crippen molar-refractivity contribution in [3.63, 3.8) is 0 Å². The van der Waals surface area contributed by atoms with Crippen molar-refractivity contribution < 1.29 is 19.4 Å². The average molecular weight is 284 g/mol. The SMILES string of the molecule is CC(C)(C)OC(=O)N1CCC2(CC(=O)NCC2CO)C1. The standard InChI is InChI=1S/C14H24N2O4/c1-13(2,3)20-12(19)16-5-4-14(9-16)6-11(18)15-7-10(14)8-17/h10,17H,4-9H2,1-3H3,(H,15,18). The molecule has 6 nitrogen and oxygen atoms in total. The van der Waals surface area contributed by atoms with Gasteiger partial charge in [0.1, 0.15) is 5.60 Å².